The lowest BCUT2D eigenvalue weighted by atomic mass is 9.98. The minimum Gasteiger partial charge on any atom is -0.293 e. The highest BCUT2D eigenvalue weighted by Gasteiger charge is 2.21. The van der Waals surface area contributed by atoms with Crippen molar-refractivity contribution in [2.75, 3.05) is 0 Å². The Bertz CT molecular complexity index is 791. The number of Topliss-reactive ketones (excluding diaryl/α,β-unsaturated/α-hetero) is 1. The van der Waals surface area contributed by atoms with Gasteiger partial charge in [-0.15, -0.1) is 11.3 Å². The van der Waals surface area contributed by atoms with Crippen LogP contribution in [-0.2, 0) is 0 Å². The van der Waals surface area contributed by atoms with Crippen molar-refractivity contribution in [3.05, 3.63) is 65.3 Å². The highest BCUT2D eigenvalue weighted by molar-refractivity contribution is 7.18. The molecule has 0 aliphatic rings. The summed E-state index contributed by atoms with van der Waals surface area (Å²) in [6, 6.07) is 14.1. The maximum atomic E-state index is 12.4. The number of ketones is 1. The van der Waals surface area contributed by atoms with E-state index in [-0.39, 0.29) is 5.78 Å². The molecule has 0 fully saturated rings. The van der Waals surface area contributed by atoms with Gasteiger partial charge in [0.05, 0.1) is 4.88 Å². The van der Waals surface area contributed by atoms with Crippen LogP contribution in [0.3, 0.4) is 0 Å². The van der Waals surface area contributed by atoms with Crippen LogP contribution in [0.25, 0.3) is 21.6 Å². The molecule has 2 nitrogen and oxygen atoms in total. The minimum absolute atomic E-state index is 0.196. The third-order valence-corrected chi connectivity index (χ3v) is 5.09. The molecule has 0 N–H and O–H groups in total. The fourth-order valence-electron chi connectivity index (χ4n) is 2.60. The van der Waals surface area contributed by atoms with Gasteiger partial charge in [-0.25, -0.2) is 0 Å². The van der Waals surface area contributed by atoms with Crippen LogP contribution >= 0.6 is 11.3 Å². The molecule has 2 heterocycles. The fourth-order valence-corrected chi connectivity index (χ4v) is 3.92. The van der Waals surface area contributed by atoms with E-state index in [0.29, 0.717) is 6.42 Å². The lowest BCUT2D eigenvalue weighted by molar-refractivity contribution is 0.0992. The molecule has 0 bridgehead atoms. The first-order chi connectivity index (χ1) is 10.7. The number of nitrogens with zero attached hydrogens (tertiary/aromatic N) is 1. The second kappa shape index (κ2) is 6.24. The van der Waals surface area contributed by atoms with Crippen LogP contribution in [0.15, 0.2) is 54.9 Å². The van der Waals surface area contributed by atoms with E-state index in [1.807, 2.05) is 43.5 Å². The molecule has 0 unspecified atom stereocenters. The standard InChI is InChI=1S/C19H17NOS/c1-3-16(21)19-17(14-8-5-4-6-9-14)13(2)18(22-19)15-10-7-11-20-12-15/h4-12H,3H2,1-2H3. The summed E-state index contributed by atoms with van der Waals surface area (Å²) in [5.74, 6) is 0.196. The van der Waals surface area contributed by atoms with Crippen LogP contribution in [0.5, 0.6) is 0 Å². The summed E-state index contributed by atoms with van der Waals surface area (Å²) >= 11 is 1.58. The van der Waals surface area contributed by atoms with E-state index in [9.17, 15) is 4.79 Å². The van der Waals surface area contributed by atoms with Crippen LogP contribution in [-0.4, -0.2) is 10.8 Å². The molecule has 0 aliphatic heterocycles. The zero-order valence-electron chi connectivity index (χ0n) is 12.7. The zero-order valence-corrected chi connectivity index (χ0v) is 13.5. The SMILES string of the molecule is CCC(=O)c1sc(-c2cccnc2)c(C)c1-c1ccccc1. The Hall–Kier alpha value is -2.26. The maximum absolute atomic E-state index is 12.4. The van der Waals surface area contributed by atoms with Crippen molar-refractivity contribution in [3.63, 3.8) is 0 Å². The number of pyridine rings is 1. The van der Waals surface area contributed by atoms with Gasteiger partial charge >= 0.3 is 0 Å². The summed E-state index contributed by atoms with van der Waals surface area (Å²) in [5.41, 5.74) is 4.39. The van der Waals surface area contributed by atoms with Gasteiger partial charge in [-0.2, -0.15) is 0 Å². The second-order valence-electron chi connectivity index (χ2n) is 5.14. The highest BCUT2D eigenvalue weighted by Crippen LogP contribution is 2.42. The molecular weight excluding hydrogens is 290 g/mol. The summed E-state index contributed by atoms with van der Waals surface area (Å²) in [5, 5.41) is 0. The first kappa shape index (κ1) is 14.7. The number of benzene rings is 1. The van der Waals surface area contributed by atoms with E-state index in [2.05, 4.69) is 24.0 Å². The Morgan fingerprint density at radius 2 is 1.82 bits per heavy atom. The molecular formula is C19H17NOS. The summed E-state index contributed by atoms with van der Waals surface area (Å²) in [6.45, 7) is 4.00. The van der Waals surface area contributed by atoms with Gasteiger partial charge in [-0.05, 0) is 24.1 Å². The minimum atomic E-state index is 0.196. The number of hydrogen-bond donors (Lipinski definition) is 0. The van der Waals surface area contributed by atoms with Crippen LogP contribution in [0.2, 0.25) is 0 Å². The van der Waals surface area contributed by atoms with Crippen LogP contribution < -0.4 is 0 Å². The van der Waals surface area contributed by atoms with Crippen molar-refractivity contribution >= 4 is 17.1 Å². The van der Waals surface area contributed by atoms with Crippen LogP contribution in [0.4, 0.5) is 0 Å². The molecule has 2 aromatic heterocycles. The fraction of sp³-hybridized carbons (Fsp3) is 0.158. The predicted molar refractivity (Wildman–Crippen MR) is 92.3 cm³/mol. The summed E-state index contributed by atoms with van der Waals surface area (Å²) in [6.07, 6.45) is 4.14. The molecule has 3 aromatic rings. The molecule has 110 valence electrons. The van der Waals surface area contributed by atoms with Crippen LogP contribution in [0, 0.1) is 6.92 Å². The smallest absolute Gasteiger partial charge is 0.173 e. The molecule has 3 heteroatoms. The van der Waals surface area contributed by atoms with Crippen molar-refractivity contribution < 1.29 is 4.79 Å². The van der Waals surface area contributed by atoms with Crippen molar-refractivity contribution in [3.8, 4) is 21.6 Å². The Kier molecular flexibility index (Phi) is 4.16. The van der Waals surface area contributed by atoms with Crippen molar-refractivity contribution in [2.24, 2.45) is 0 Å². The lowest BCUT2D eigenvalue weighted by Gasteiger charge is -2.05. The van der Waals surface area contributed by atoms with Crippen LogP contribution in [0.1, 0.15) is 28.6 Å². The van der Waals surface area contributed by atoms with Gasteiger partial charge in [0, 0.05) is 34.8 Å². The Morgan fingerprint density at radius 3 is 2.45 bits per heavy atom. The van der Waals surface area contributed by atoms with E-state index in [4.69, 9.17) is 0 Å². The first-order valence-electron chi connectivity index (χ1n) is 7.34. The number of thiophene rings is 1. The van der Waals surface area contributed by atoms with Gasteiger partial charge in [0.25, 0.3) is 0 Å². The summed E-state index contributed by atoms with van der Waals surface area (Å²) in [4.78, 5) is 18.6. The van der Waals surface area contributed by atoms with Gasteiger partial charge in [0.1, 0.15) is 0 Å². The molecule has 0 saturated heterocycles. The largest absolute Gasteiger partial charge is 0.293 e. The van der Waals surface area contributed by atoms with E-state index >= 15 is 0 Å². The monoisotopic (exact) mass is 307 g/mol. The van der Waals surface area contributed by atoms with Crippen molar-refractivity contribution in [2.45, 2.75) is 20.3 Å². The topological polar surface area (TPSA) is 30.0 Å². The van der Waals surface area contributed by atoms with E-state index < -0.39 is 0 Å². The number of carbonyl (C=O) groups is 1. The van der Waals surface area contributed by atoms with E-state index in [1.54, 1.807) is 17.5 Å². The zero-order chi connectivity index (χ0) is 15.5. The third-order valence-electron chi connectivity index (χ3n) is 3.71. The van der Waals surface area contributed by atoms with Crippen molar-refractivity contribution in [1.82, 2.24) is 4.98 Å². The predicted octanol–water partition coefficient (Wildman–Crippen LogP) is 5.38. The number of rotatable bonds is 4. The van der Waals surface area contributed by atoms with Gasteiger partial charge in [0.15, 0.2) is 5.78 Å². The lowest BCUT2D eigenvalue weighted by Crippen LogP contribution is -1.95. The molecule has 0 aliphatic carbocycles. The molecule has 0 atom stereocenters. The maximum Gasteiger partial charge on any atom is 0.173 e. The molecule has 3 rings (SSSR count). The Balaban J connectivity index is 2.24. The second-order valence-corrected chi connectivity index (χ2v) is 6.17. The summed E-state index contributed by atoms with van der Waals surface area (Å²) < 4.78 is 0. The van der Waals surface area contributed by atoms with E-state index in [0.717, 1.165) is 32.0 Å². The third kappa shape index (κ3) is 2.60. The number of carbonyl (C=O) groups excluding carboxylic acids is 1. The van der Waals surface area contributed by atoms with Gasteiger partial charge in [-0.3, -0.25) is 9.78 Å². The highest BCUT2D eigenvalue weighted by atomic mass is 32.1. The first-order valence-corrected chi connectivity index (χ1v) is 8.16. The Labute approximate surface area is 134 Å². The molecule has 22 heavy (non-hydrogen) atoms. The van der Waals surface area contributed by atoms with E-state index in [1.165, 1.54) is 0 Å². The van der Waals surface area contributed by atoms with Gasteiger partial charge in [0.2, 0.25) is 0 Å². The summed E-state index contributed by atoms with van der Waals surface area (Å²) in [7, 11) is 0. The average molecular weight is 307 g/mol. The van der Waals surface area contributed by atoms with Crippen molar-refractivity contribution in [1.29, 1.82) is 0 Å². The normalized spacial score (nSPS) is 10.6. The molecule has 0 spiro atoms. The van der Waals surface area contributed by atoms with Gasteiger partial charge in [-0.1, -0.05) is 43.3 Å². The average Bonchev–Trinajstić information content (AvgIpc) is 2.93. The molecule has 0 amide bonds. The number of aromatic nitrogens is 1. The molecule has 0 saturated carbocycles. The molecule has 0 radical (unpaired) electrons. The quantitative estimate of drug-likeness (QED) is 0.606. The van der Waals surface area contributed by atoms with Gasteiger partial charge < -0.3 is 0 Å². The molecule has 1 aromatic carbocycles. The Morgan fingerprint density at radius 1 is 1.09 bits per heavy atom. The number of hydrogen-bond acceptors (Lipinski definition) is 3.